The molecule has 0 atom stereocenters. The van der Waals surface area contributed by atoms with Crippen molar-refractivity contribution in [3.05, 3.63) is 65.6 Å². The van der Waals surface area contributed by atoms with E-state index < -0.39 is 0 Å². The van der Waals surface area contributed by atoms with Crippen molar-refractivity contribution in [2.75, 3.05) is 20.6 Å². The lowest BCUT2D eigenvalue weighted by Crippen LogP contribution is -2.15. The Hall–Kier alpha value is -2.33. The fourth-order valence-electron chi connectivity index (χ4n) is 3.26. The summed E-state index contributed by atoms with van der Waals surface area (Å²) >= 11 is 0. The first-order chi connectivity index (χ1) is 12.6. The van der Waals surface area contributed by atoms with Crippen LogP contribution in [-0.4, -0.2) is 30.1 Å². The maximum absolute atomic E-state index is 14.6. The number of hydrogen-bond acceptors (Lipinski definition) is 2. The molecule has 1 aromatic heterocycles. The number of fused-ring (bicyclic) bond motifs is 1. The fourth-order valence-corrected chi connectivity index (χ4v) is 3.26. The Balaban J connectivity index is 2.00. The minimum atomic E-state index is -0.184. The smallest absolute Gasteiger partial charge is 0.147 e. The number of hydrogen-bond donors (Lipinski definition) is 0. The molecule has 0 N–H and O–H groups in total. The van der Waals surface area contributed by atoms with E-state index >= 15 is 0 Å². The van der Waals surface area contributed by atoms with Gasteiger partial charge in [-0.2, -0.15) is 0 Å². The van der Waals surface area contributed by atoms with Crippen LogP contribution in [0.1, 0.15) is 24.5 Å². The average Bonchev–Trinajstić information content (AvgIpc) is 3.00. The van der Waals surface area contributed by atoms with Crippen molar-refractivity contribution in [1.82, 2.24) is 9.47 Å². The topological polar surface area (TPSA) is 17.4 Å². The largest absolute Gasteiger partial charge is 0.488 e. The van der Waals surface area contributed by atoms with E-state index in [0.29, 0.717) is 12.1 Å². The van der Waals surface area contributed by atoms with E-state index in [1.54, 1.807) is 6.07 Å². The first kappa shape index (κ1) is 18.5. The van der Waals surface area contributed by atoms with Crippen molar-refractivity contribution in [2.24, 2.45) is 0 Å². The van der Waals surface area contributed by atoms with Crippen LogP contribution in [0.15, 0.2) is 48.7 Å². The molecule has 3 nitrogen and oxygen atoms in total. The molecule has 0 aliphatic heterocycles. The number of rotatable bonds is 8. The third kappa shape index (κ3) is 4.07. The Morgan fingerprint density at radius 1 is 1.08 bits per heavy atom. The molecule has 2 aromatic carbocycles. The number of benzene rings is 2. The third-order valence-corrected chi connectivity index (χ3v) is 4.54. The Morgan fingerprint density at radius 2 is 1.85 bits per heavy atom. The van der Waals surface area contributed by atoms with Gasteiger partial charge in [-0.3, -0.25) is 0 Å². The summed E-state index contributed by atoms with van der Waals surface area (Å²) in [7, 11) is 4.11. The highest BCUT2D eigenvalue weighted by Crippen LogP contribution is 2.34. The zero-order valence-electron chi connectivity index (χ0n) is 15.8. The minimum absolute atomic E-state index is 0.184. The van der Waals surface area contributed by atoms with E-state index in [-0.39, 0.29) is 5.82 Å². The van der Waals surface area contributed by atoms with Gasteiger partial charge >= 0.3 is 0 Å². The second-order valence-electron chi connectivity index (χ2n) is 6.94. The lowest BCUT2D eigenvalue weighted by molar-refractivity contribution is 0.309. The van der Waals surface area contributed by atoms with Gasteiger partial charge in [-0.1, -0.05) is 37.3 Å². The van der Waals surface area contributed by atoms with Crippen LogP contribution in [0.5, 0.6) is 5.75 Å². The zero-order valence-corrected chi connectivity index (χ0v) is 15.8. The van der Waals surface area contributed by atoms with Crippen molar-refractivity contribution < 1.29 is 9.13 Å². The number of nitrogens with zero attached hydrogens (tertiary/aromatic N) is 2. The maximum atomic E-state index is 14.6. The molecule has 0 saturated carbocycles. The average molecular weight is 354 g/mol. The van der Waals surface area contributed by atoms with Crippen molar-refractivity contribution in [1.29, 1.82) is 0 Å². The Labute approximate surface area is 155 Å². The molecule has 0 amide bonds. The Kier molecular flexibility index (Phi) is 5.94. The van der Waals surface area contributed by atoms with E-state index in [2.05, 4.69) is 32.1 Å². The lowest BCUT2D eigenvalue weighted by atomic mass is 10.1. The second kappa shape index (κ2) is 8.37. The van der Waals surface area contributed by atoms with E-state index in [1.807, 2.05) is 34.9 Å². The summed E-state index contributed by atoms with van der Waals surface area (Å²) < 4.78 is 22.8. The molecule has 4 heteroatoms. The highest BCUT2D eigenvalue weighted by atomic mass is 19.1. The van der Waals surface area contributed by atoms with Gasteiger partial charge in [-0.05, 0) is 50.2 Å². The van der Waals surface area contributed by atoms with Crippen molar-refractivity contribution in [3.63, 3.8) is 0 Å². The minimum Gasteiger partial charge on any atom is -0.488 e. The van der Waals surface area contributed by atoms with Gasteiger partial charge in [0.1, 0.15) is 18.2 Å². The van der Waals surface area contributed by atoms with Gasteiger partial charge in [0.15, 0.2) is 0 Å². The first-order valence-electron chi connectivity index (χ1n) is 9.21. The van der Waals surface area contributed by atoms with Crippen LogP contribution in [0.25, 0.3) is 10.9 Å². The molecular formula is C22H27FN2O. The molecule has 1 heterocycles. The van der Waals surface area contributed by atoms with Crippen LogP contribution in [0, 0.1) is 5.82 Å². The molecular weight excluding hydrogens is 327 g/mol. The molecule has 0 saturated heterocycles. The molecule has 0 aliphatic carbocycles. The van der Waals surface area contributed by atoms with E-state index in [1.165, 1.54) is 6.07 Å². The van der Waals surface area contributed by atoms with Crippen LogP contribution >= 0.6 is 0 Å². The summed E-state index contributed by atoms with van der Waals surface area (Å²) in [5, 5.41) is 0.913. The standard InChI is InChI=1S/C22H27FN2O/c1-4-13-25-15-18(12-14-24(2)3)21-20(11-10-19(23)22(21)25)26-16-17-8-6-5-7-9-17/h5-11,15H,4,12-14,16H2,1-3H3. The first-order valence-corrected chi connectivity index (χ1v) is 9.21. The molecule has 0 radical (unpaired) electrons. The molecule has 0 aliphatic rings. The lowest BCUT2D eigenvalue weighted by Gasteiger charge is -2.12. The van der Waals surface area contributed by atoms with E-state index in [9.17, 15) is 4.39 Å². The summed E-state index contributed by atoms with van der Waals surface area (Å²) in [6.45, 7) is 4.31. The molecule has 0 fully saturated rings. The number of ether oxygens (including phenoxy) is 1. The number of aryl methyl sites for hydroxylation is 1. The van der Waals surface area contributed by atoms with Crippen LogP contribution in [0.2, 0.25) is 0 Å². The molecule has 0 spiro atoms. The van der Waals surface area contributed by atoms with Crippen molar-refractivity contribution in [2.45, 2.75) is 32.9 Å². The molecule has 3 rings (SSSR count). The summed E-state index contributed by atoms with van der Waals surface area (Å²) in [6, 6.07) is 13.3. The van der Waals surface area contributed by atoms with Crippen LogP contribution in [0.4, 0.5) is 4.39 Å². The van der Waals surface area contributed by atoms with Gasteiger partial charge in [0.2, 0.25) is 0 Å². The summed E-state index contributed by atoms with van der Waals surface area (Å²) in [6.07, 6.45) is 3.92. The zero-order chi connectivity index (χ0) is 18.5. The molecule has 0 unspecified atom stereocenters. The maximum Gasteiger partial charge on any atom is 0.147 e. The highest BCUT2D eigenvalue weighted by molar-refractivity contribution is 5.90. The molecule has 3 aromatic rings. The molecule has 26 heavy (non-hydrogen) atoms. The predicted octanol–water partition coefficient (Wildman–Crippen LogP) is 4.87. The Bertz CT molecular complexity index is 855. The molecule has 0 bridgehead atoms. The number of aromatic nitrogens is 1. The second-order valence-corrected chi connectivity index (χ2v) is 6.94. The van der Waals surface area contributed by atoms with Crippen LogP contribution in [0.3, 0.4) is 0 Å². The Morgan fingerprint density at radius 3 is 2.54 bits per heavy atom. The summed E-state index contributed by atoms with van der Waals surface area (Å²) in [5.74, 6) is 0.575. The van der Waals surface area contributed by atoms with E-state index in [4.69, 9.17) is 4.74 Å². The summed E-state index contributed by atoms with van der Waals surface area (Å²) in [4.78, 5) is 2.15. The number of likely N-dealkylation sites (N-methyl/N-ethyl adjacent to an activating group) is 1. The van der Waals surface area contributed by atoms with Crippen LogP contribution < -0.4 is 4.74 Å². The predicted molar refractivity (Wildman–Crippen MR) is 105 cm³/mol. The van der Waals surface area contributed by atoms with Gasteiger partial charge in [-0.25, -0.2) is 4.39 Å². The third-order valence-electron chi connectivity index (χ3n) is 4.54. The van der Waals surface area contributed by atoms with Gasteiger partial charge in [0.25, 0.3) is 0 Å². The van der Waals surface area contributed by atoms with E-state index in [0.717, 1.165) is 48.2 Å². The normalized spacial score (nSPS) is 11.4. The fraction of sp³-hybridized carbons (Fsp3) is 0.364. The monoisotopic (exact) mass is 354 g/mol. The highest BCUT2D eigenvalue weighted by Gasteiger charge is 2.17. The van der Waals surface area contributed by atoms with Crippen molar-refractivity contribution >= 4 is 10.9 Å². The summed E-state index contributed by atoms with van der Waals surface area (Å²) in [5.41, 5.74) is 2.91. The van der Waals surface area contributed by atoms with Gasteiger partial charge < -0.3 is 14.2 Å². The van der Waals surface area contributed by atoms with Crippen molar-refractivity contribution in [3.8, 4) is 5.75 Å². The van der Waals surface area contributed by atoms with Gasteiger partial charge in [0, 0.05) is 24.7 Å². The van der Waals surface area contributed by atoms with Gasteiger partial charge in [0.05, 0.1) is 5.52 Å². The quantitative estimate of drug-likeness (QED) is 0.574. The number of halogens is 1. The van der Waals surface area contributed by atoms with Gasteiger partial charge in [-0.15, -0.1) is 0 Å². The SMILES string of the molecule is CCCn1cc(CCN(C)C)c2c(OCc3ccccc3)ccc(F)c21. The van der Waals surface area contributed by atoms with Crippen LogP contribution in [-0.2, 0) is 19.6 Å². The molecule has 138 valence electrons.